The average Bonchev–Trinajstić information content (AvgIpc) is 2.81. The van der Waals surface area contributed by atoms with Crippen LogP contribution in [0.2, 0.25) is 0 Å². The van der Waals surface area contributed by atoms with Gasteiger partial charge in [-0.15, -0.1) is 0 Å². The number of ether oxygens (including phenoxy) is 3. The zero-order valence-corrected chi connectivity index (χ0v) is 18.8. The molecule has 0 aromatic heterocycles. The van der Waals surface area contributed by atoms with E-state index in [1.165, 1.54) is 0 Å². The molecule has 2 aromatic carbocycles. The fourth-order valence-corrected chi connectivity index (χ4v) is 3.13. The highest BCUT2D eigenvalue weighted by Crippen LogP contribution is 2.36. The number of esters is 3. The van der Waals surface area contributed by atoms with Gasteiger partial charge in [-0.05, 0) is 54.3 Å². The fraction of sp³-hybridized carbons (Fsp3) is 0.148. The predicted octanol–water partition coefficient (Wildman–Crippen LogP) is 5.58. The lowest BCUT2D eigenvalue weighted by Gasteiger charge is -2.16. The molecule has 0 saturated heterocycles. The Morgan fingerprint density at radius 1 is 0.758 bits per heavy atom. The second-order valence-electron chi connectivity index (χ2n) is 6.97. The van der Waals surface area contributed by atoms with E-state index < -0.39 is 17.9 Å². The van der Waals surface area contributed by atoms with Gasteiger partial charge in [0.2, 0.25) is 0 Å². The van der Waals surface area contributed by atoms with Gasteiger partial charge in [-0.3, -0.25) is 0 Å². The second-order valence-corrected chi connectivity index (χ2v) is 6.97. The lowest BCUT2D eigenvalue weighted by Crippen LogP contribution is -2.09. The minimum atomic E-state index is -0.688. The molecule has 0 aliphatic heterocycles. The molecule has 0 bridgehead atoms. The molecule has 0 aliphatic carbocycles. The highest BCUT2D eigenvalue weighted by Gasteiger charge is 2.16. The second kappa shape index (κ2) is 12.0. The van der Waals surface area contributed by atoms with Crippen molar-refractivity contribution in [3.63, 3.8) is 0 Å². The summed E-state index contributed by atoms with van der Waals surface area (Å²) in [5.41, 5.74) is 3.64. The van der Waals surface area contributed by atoms with Crippen molar-refractivity contribution in [1.82, 2.24) is 0 Å². The van der Waals surface area contributed by atoms with Crippen LogP contribution in [-0.4, -0.2) is 17.9 Å². The Kier molecular flexibility index (Phi) is 9.12. The molecule has 33 heavy (non-hydrogen) atoms. The summed E-state index contributed by atoms with van der Waals surface area (Å²) in [6.07, 6.45) is 4.89. The lowest BCUT2D eigenvalue weighted by atomic mass is 9.91. The SMILES string of the molecule is C=CC(=O)Oc1ccc(C(=C(C)CCC)c2ccc(OC(=O)C=C)c(OC(=O)C=C)c2)cc1. The number of carbonyl (C=O) groups is 3. The first-order chi connectivity index (χ1) is 15.8. The molecule has 170 valence electrons. The van der Waals surface area contributed by atoms with Gasteiger partial charge in [0.25, 0.3) is 0 Å². The van der Waals surface area contributed by atoms with Crippen molar-refractivity contribution >= 4 is 23.5 Å². The van der Waals surface area contributed by atoms with Gasteiger partial charge in [0.05, 0.1) is 0 Å². The standard InChI is InChI=1S/C27H26O6/c1-6-10-18(5)27(19-11-14-21(15-12-19)31-24(28)7-2)20-13-16-22(32-25(29)8-3)23(17-20)33-26(30)9-4/h7-9,11-17H,2-4,6,10H2,1,5H3. The molecule has 0 unspecified atom stereocenters. The van der Waals surface area contributed by atoms with Crippen molar-refractivity contribution in [3.05, 3.63) is 97.1 Å². The van der Waals surface area contributed by atoms with Gasteiger partial charge < -0.3 is 14.2 Å². The minimum absolute atomic E-state index is 0.0749. The molecule has 2 aromatic rings. The minimum Gasteiger partial charge on any atom is -0.423 e. The van der Waals surface area contributed by atoms with Crippen molar-refractivity contribution in [3.8, 4) is 17.2 Å². The summed E-state index contributed by atoms with van der Waals surface area (Å²) in [5, 5.41) is 0. The summed E-state index contributed by atoms with van der Waals surface area (Å²) in [5.74, 6) is -1.36. The van der Waals surface area contributed by atoms with Crippen LogP contribution >= 0.6 is 0 Å². The number of carbonyl (C=O) groups excluding carboxylic acids is 3. The smallest absolute Gasteiger partial charge is 0.335 e. The van der Waals surface area contributed by atoms with Crippen LogP contribution in [0.1, 0.15) is 37.8 Å². The van der Waals surface area contributed by atoms with E-state index >= 15 is 0 Å². The van der Waals surface area contributed by atoms with Gasteiger partial charge in [0.15, 0.2) is 11.5 Å². The third kappa shape index (κ3) is 6.90. The molecule has 6 nitrogen and oxygen atoms in total. The number of rotatable bonds is 10. The van der Waals surface area contributed by atoms with Crippen molar-refractivity contribution < 1.29 is 28.6 Å². The Hall–Kier alpha value is -4.19. The molecule has 0 atom stereocenters. The molecule has 0 heterocycles. The molecule has 0 fully saturated rings. The summed E-state index contributed by atoms with van der Waals surface area (Å²) in [6, 6.07) is 12.0. The van der Waals surface area contributed by atoms with Crippen LogP contribution in [0.25, 0.3) is 5.57 Å². The van der Waals surface area contributed by atoms with Crippen LogP contribution in [0.5, 0.6) is 17.2 Å². The van der Waals surface area contributed by atoms with Crippen LogP contribution < -0.4 is 14.2 Å². The maximum atomic E-state index is 11.9. The maximum absolute atomic E-state index is 11.9. The van der Waals surface area contributed by atoms with E-state index in [0.29, 0.717) is 5.75 Å². The molecule has 0 amide bonds. The third-order valence-corrected chi connectivity index (χ3v) is 4.57. The molecule has 0 saturated carbocycles. The van der Waals surface area contributed by atoms with Crippen LogP contribution in [0.3, 0.4) is 0 Å². The van der Waals surface area contributed by atoms with Gasteiger partial charge in [-0.25, -0.2) is 14.4 Å². The quantitative estimate of drug-likeness (QED) is 0.269. The first-order valence-electron chi connectivity index (χ1n) is 10.3. The molecule has 0 spiro atoms. The maximum Gasteiger partial charge on any atom is 0.335 e. The van der Waals surface area contributed by atoms with Gasteiger partial charge in [0.1, 0.15) is 5.75 Å². The van der Waals surface area contributed by atoms with E-state index in [1.54, 1.807) is 30.3 Å². The summed E-state index contributed by atoms with van der Waals surface area (Å²) in [4.78, 5) is 35.0. The predicted molar refractivity (Wildman–Crippen MR) is 127 cm³/mol. The first-order valence-corrected chi connectivity index (χ1v) is 10.3. The van der Waals surface area contributed by atoms with Gasteiger partial charge in [0, 0.05) is 18.2 Å². The average molecular weight is 446 g/mol. The third-order valence-electron chi connectivity index (χ3n) is 4.57. The van der Waals surface area contributed by atoms with Crippen molar-refractivity contribution in [2.75, 3.05) is 0 Å². The van der Waals surface area contributed by atoms with E-state index in [4.69, 9.17) is 14.2 Å². The van der Waals surface area contributed by atoms with Crippen molar-refractivity contribution in [1.29, 1.82) is 0 Å². The Labute approximate surface area is 193 Å². The van der Waals surface area contributed by atoms with Crippen molar-refractivity contribution in [2.45, 2.75) is 26.7 Å². The molecular weight excluding hydrogens is 420 g/mol. The summed E-state index contributed by atoms with van der Waals surface area (Å²) in [7, 11) is 0. The van der Waals surface area contributed by atoms with Gasteiger partial charge in [-0.2, -0.15) is 0 Å². The van der Waals surface area contributed by atoms with Crippen LogP contribution in [0.15, 0.2) is 86.0 Å². The molecule has 6 heteroatoms. The number of allylic oxidation sites excluding steroid dienone is 1. The molecule has 0 N–H and O–H groups in total. The normalized spacial score (nSPS) is 11.0. The summed E-state index contributed by atoms with van der Waals surface area (Å²) < 4.78 is 15.7. The van der Waals surface area contributed by atoms with Gasteiger partial charge >= 0.3 is 17.9 Å². The Balaban J connectivity index is 2.57. The lowest BCUT2D eigenvalue weighted by molar-refractivity contribution is -0.131. The van der Waals surface area contributed by atoms with Crippen LogP contribution in [0.4, 0.5) is 0 Å². The van der Waals surface area contributed by atoms with Crippen LogP contribution in [0, 0.1) is 0 Å². The van der Waals surface area contributed by atoms with E-state index in [9.17, 15) is 14.4 Å². The highest BCUT2D eigenvalue weighted by atomic mass is 16.6. The fourth-order valence-electron chi connectivity index (χ4n) is 3.13. The van der Waals surface area contributed by atoms with E-state index in [0.717, 1.165) is 53.3 Å². The number of hydrogen-bond acceptors (Lipinski definition) is 6. The largest absolute Gasteiger partial charge is 0.423 e. The Bertz CT molecular complexity index is 1110. The van der Waals surface area contributed by atoms with Crippen LogP contribution in [-0.2, 0) is 14.4 Å². The summed E-state index contributed by atoms with van der Waals surface area (Å²) >= 11 is 0. The first kappa shape index (κ1) is 25.1. The summed E-state index contributed by atoms with van der Waals surface area (Å²) in [6.45, 7) is 14.3. The Morgan fingerprint density at radius 3 is 1.82 bits per heavy atom. The number of benzene rings is 2. The van der Waals surface area contributed by atoms with Gasteiger partial charge in [-0.1, -0.05) is 56.9 Å². The topological polar surface area (TPSA) is 78.9 Å². The molecular formula is C27H26O6. The number of hydrogen-bond donors (Lipinski definition) is 0. The highest BCUT2D eigenvalue weighted by molar-refractivity contribution is 5.88. The van der Waals surface area contributed by atoms with Crippen molar-refractivity contribution in [2.24, 2.45) is 0 Å². The van der Waals surface area contributed by atoms with E-state index in [-0.39, 0.29) is 11.5 Å². The monoisotopic (exact) mass is 446 g/mol. The Morgan fingerprint density at radius 2 is 1.27 bits per heavy atom. The molecule has 0 aliphatic rings. The van der Waals surface area contributed by atoms with E-state index in [2.05, 4.69) is 26.7 Å². The molecule has 2 rings (SSSR count). The van der Waals surface area contributed by atoms with E-state index in [1.807, 2.05) is 19.1 Å². The molecule has 0 radical (unpaired) electrons. The zero-order valence-electron chi connectivity index (χ0n) is 18.8. The zero-order chi connectivity index (χ0) is 24.4.